The van der Waals surface area contributed by atoms with Gasteiger partial charge in [-0.2, -0.15) is 0 Å². The summed E-state index contributed by atoms with van der Waals surface area (Å²) in [6.07, 6.45) is 3.32. The SMILES string of the molecule is Cc1c(Br)cncc1-c1cccc(Cl)c1F. The Labute approximate surface area is 106 Å². The van der Waals surface area contributed by atoms with Crippen LogP contribution in [0.25, 0.3) is 11.1 Å². The van der Waals surface area contributed by atoms with Gasteiger partial charge in [-0.1, -0.05) is 23.7 Å². The van der Waals surface area contributed by atoms with Crippen LogP contribution in [-0.2, 0) is 0 Å². The van der Waals surface area contributed by atoms with Crippen molar-refractivity contribution in [2.75, 3.05) is 0 Å². The van der Waals surface area contributed by atoms with E-state index in [0.29, 0.717) is 5.56 Å². The fourth-order valence-electron chi connectivity index (χ4n) is 1.48. The van der Waals surface area contributed by atoms with Gasteiger partial charge >= 0.3 is 0 Å². The summed E-state index contributed by atoms with van der Waals surface area (Å²) in [5.74, 6) is -0.410. The molecule has 0 unspecified atom stereocenters. The van der Waals surface area contributed by atoms with Gasteiger partial charge in [-0.25, -0.2) is 4.39 Å². The van der Waals surface area contributed by atoms with Crippen LogP contribution < -0.4 is 0 Å². The van der Waals surface area contributed by atoms with E-state index < -0.39 is 5.82 Å². The average molecular weight is 301 g/mol. The fourth-order valence-corrected chi connectivity index (χ4v) is 1.99. The minimum absolute atomic E-state index is 0.122. The van der Waals surface area contributed by atoms with Crippen molar-refractivity contribution in [3.8, 4) is 11.1 Å². The number of nitrogens with zero attached hydrogens (tertiary/aromatic N) is 1. The molecule has 1 nitrogen and oxygen atoms in total. The summed E-state index contributed by atoms with van der Waals surface area (Å²) in [5, 5.41) is 0.122. The predicted octanol–water partition coefficient (Wildman–Crippen LogP) is 4.61. The first kappa shape index (κ1) is 11.6. The van der Waals surface area contributed by atoms with E-state index in [2.05, 4.69) is 20.9 Å². The van der Waals surface area contributed by atoms with Crippen molar-refractivity contribution in [2.24, 2.45) is 0 Å². The Morgan fingerprint density at radius 3 is 2.75 bits per heavy atom. The molecule has 0 radical (unpaired) electrons. The lowest BCUT2D eigenvalue weighted by molar-refractivity contribution is 0.631. The highest BCUT2D eigenvalue weighted by atomic mass is 79.9. The highest BCUT2D eigenvalue weighted by Crippen LogP contribution is 2.31. The normalized spacial score (nSPS) is 10.5. The monoisotopic (exact) mass is 299 g/mol. The van der Waals surface area contributed by atoms with Crippen molar-refractivity contribution in [2.45, 2.75) is 6.92 Å². The summed E-state index contributed by atoms with van der Waals surface area (Å²) >= 11 is 9.12. The molecule has 1 heterocycles. The lowest BCUT2D eigenvalue weighted by Crippen LogP contribution is -1.90. The highest BCUT2D eigenvalue weighted by molar-refractivity contribution is 9.10. The maximum absolute atomic E-state index is 13.8. The summed E-state index contributed by atoms with van der Waals surface area (Å²) in [6.45, 7) is 1.90. The third-order valence-electron chi connectivity index (χ3n) is 2.40. The van der Waals surface area contributed by atoms with E-state index >= 15 is 0 Å². The van der Waals surface area contributed by atoms with Crippen LogP contribution in [0.3, 0.4) is 0 Å². The molecule has 0 amide bonds. The molecule has 1 aromatic heterocycles. The van der Waals surface area contributed by atoms with Gasteiger partial charge in [0.05, 0.1) is 5.02 Å². The minimum Gasteiger partial charge on any atom is -0.263 e. The zero-order valence-corrected chi connectivity index (χ0v) is 10.8. The largest absolute Gasteiger partial charge is 0.263 e. The van der Waals surface area contributed by atoms with E-state index in [1.807, 2.05) is 6.92 Å². The van der Waals surface area contributed by atoms with E-state index in [0.717, 1.165) is 15.6 Å². The second-order valence-corrected chi connectivity index (χ2v) is 4.66. The van der Waals surface area contributed by atoms with Gasteiger partial charge in [0.1, 0.15) is 5.82 Å². The van der Waals surface area contributed by atoms with E-state index in [1.165, 1.54) is 6.07 Å². The van der Waals surface area contributed by atoms with Gasteiger partial charge in [-0.15, -0.1) is 0 Å². The topological polar surface area (TPSA) is 12.9 Å². The van der Waals surface area contributed by atoms with Gasteiger partial charge in [0.15, 0.2) is 0 Å². The first-order chi connectivity index (χ1) is 7.61. The molecule has 0 aliphatic rings. The second kappa shape index (κ2) is 4.52. The third-order valence-corrected chi connectivity index (χ3v) is 3.49. The molecule has 1 aromatic carbocycles. The summed E-state index contributed by atoms with van der Waals surface area (Å²) in [4.78, 5) is 4.04. The molecular formula is C12H8BrClFN. The highest BCUT2D eigenvalue weighted by Gasteiger charge is 2.12. The van der Waals surface area contributed by atoms with Gasteiger partial charge in [0, 0.05) is 28.0 Å². The molecule has 0 N–H and O–H groups in total. The van der Waals surface area contributed by atoms with Gasteiger partial charge in [0.2, 0.25) is 0 Å². The Morgan fingerprint density at radius 1 is 1.25 bits per heavy atom. The van der Waals surface area contributed by atoms with Crippen LogP contribution in [0.4, 0.5) is 4.39 Å². The predicted molar refractivity (Wildman–Crippen MR) is 67.1 cm³/mol. The molecule has 0 aliphatic heterocycles. The smallest absolute Gasteiger partial charge is 0.149 e. The van der Waals surface area contributed by atoms with Crippen molar-refractivity contribution in [1.82, 2.24) is 4.98 Å². The summed E-state index contributed by atoms with van der Waals surface area (Å²) < 4.78 is 14.7. The zero-order valence-electron chi connectivity index (χ0n) is 8.47. The molecule has 2 rings (SSSR count). The molecule has 0 saturated heterocycles. The molecule has 0 fully saturated rings. The van der Waals surface area contributed by atoms with Crippen LogP contribution in [-0.4, -0.2) is 4.98 Å². The molecule has 82 valence electrons. The molecule has 0 saturated carbocycles. The van der Waals surface area contributed by atoms with Crippen LogP contribution in [0.5, 0.6) is 0 Å². The van der Waals surface area contributed by atoms with Crippen LogP contribution in [0, 0.1) is 12.7 Å². The number of pyridine rings is 1. The first-order valence-electron chi connectivity index (χ1n) is 4.65. The summed E-state index contributed by atoms with van der Waals surface area (Å²) in [5.41, 5.74) is 2.16. The van der Waals surface area contributed by atoms with E-state index in [-0.39, 0.29) is 5.02 Å². The van der Waals surface area contributed by atoms with Crippen LogP contribution in [0.15, 0.2) is 35.1 Å². The van der Waals surface area contributed by atoms with E-state index in [1.54, 1.807) is 24.5 Å². The number of halogens is 3. The summed E-state index contributed by atoms with van der Waals surface area (Å²) in [7, 11) is 0. The summed E-state index contributed by atoms with van der Waals surface area (Å²) in [6, 6.07) is 4.94. The number of benzene rings is 1. The quantitative estimate of drug-likeness (QED) is 0.749. The molecule has 16 heavy (non-hydrogen) atoms. The van der Waals surface area contributed by atoms with Crippen molar-refractivity contribution in [3.63, 3.8) is 0 Å². The third kappa shape index (κ3) is 1.97. The standard InChI is InChI=1S/C12H8BrClFN/c1-7-9(5-16-6-10(7)13)8-3-2-4-11(14)12(8)15/h2-6H,1H3. The molecular weight excluding hydrogens is 292 g/mol. The average Bonchev–Trinajstić information content (AvgIpc) is 2.27. The Hall–Kier alpha value is -0.930. The number of aromatic nitrogens is 1. The molecule has 0 aliphatic carbocycles. The molecule has 0 atom stereocenters. The molecule has 2 aromatic rings. The minimum atomic E-state index is -0.410. The van der Waals surface area contributed by atoms with Gasteiger partial charge in [-0.3, -0.25) is 4.98 Å². The van der Waals surface area contributed by atoms with Crippen molar-refractivity contribution < 1.29 is 4.39 Å². The maximum Gasteiger partial charge on any atom is 0.149 e. The van der Waals surface area contributed by atoms with Gasteiger partial charge in [-0.05, 0) is 34.5 Å². The maximum atomic E-state index is 13.8. The van der Waals surface area contributed by atoms with Crippen molar-refractivity contribution >= 4 is 27.5 Å². The second-order valence-electron chi connectivity index (χ2n) is 3.40. The van der Waals surface area contributed by atoms with Gasteiger partial charge < -0.3 is 0 Å². The van der Waals surface area contributed by atoms with E-state index in [4.69, 9.17) is 11.6 Å². The van der Waals surface area contributed by atoms with Gasteiger partial charge in [0.25, 0.3) is 0 Å². The molecule has 0 spiro atoms. The lowest BCUT2D eigenvalue weighted by atomic mass is 10.0. The molecule has 0 bridgehead atoms. The van der Waals surface area contributed by atoms with Crippen LogP contribution in [0.2, 0.25) is 5.02 Å². The molecule has 4 heteroatoms. The van der Waals surface area contributed by atoms with Crippen LogP contribution in [0.1, 0.15) is 5.56 Å². The number of hydrogen-bond acceptors (Lipinski definition) is 1. The van der Waals surface area contributed by atoms with E-state index in [9.17, 15) is 4.39 Å². The van der Waals surface area contributed by atoms with Crippen molar-refractivity contribution in [3.05, 3.63) is 51.5 Å². The van der Waals surface area contributed by atoms with Crippen molar-refractivity contribution in [1.29, 1.82) is 0 Å². The number of hydrogen-bond donors (Lipinski definition) is 0. The lowest BCUT2D eigenvalue weighted by Gasteiger charge is -2.08. The zero-order chi connectivity index (χ0) is 11.7. The number of rotatable bonds is 1. The van der Waals surface area contributed by atoms with Crippen LogP contribution >= 0.6 is 27.5 Å². The Kier molecular flexibility index (Phi) is 3.26. The fraction of sp³-hybridized carbons (Fsp3) is 0.0833. The Bertz CT molecular complexity index is 493. The first-order valence-corrected chi connectivity index (χ1v) is 5.83. The Morgan fingerprint density at radius 2 is 2.00 bits per heavy atom. The Balaban J connectivity index is 2.68.